The summed E-state index contributed by atoms with van der Waals surface area (Å²) in [6.45, 7) is 14.7. The van der Waals surface area contributed by atoms with Gasteiger partial charge in [-0.15, -0.1) is 0 Å². The summed E-state index contributed by atoms with van der Waals surface area (Å²) < 4.78 is 0. The molecule has 96 valence electrons. The Balaban J connectivity index is 2.22. The van der Waals surface area contributed by atoms with Crippen LogP contribution >= 0.6 is 0 Å². The Morgan fingerprint density at radius 1 is 1.25 bits per heavy atom. The van der Waals surface area contributed by atoms with Gasteiger partial charge in [-0.25, -0.2) is 0 Å². The lowest BCUT2D eigenvalue weighted by atomic mass is 10.0. The van der Waals surface area contributed by atoms with E-state index in [-0.39, 0.29) is 11.6 Å². The Morgan fingerprint density at radius 3 is 2.19 bits per heavy atom. The van der Waals surface area contributed by atoms with Gasteiger partial charge in [0.25, 0.3) is 0 Å². The zero-order valence-electron chi connectivity index (χ0n) is 11.5. The molecule has 1 aliphatic rings. The molecule has 0 bridgehead atoms. The van der Waals surface area contributed by atoms with Crippen molar-refractivity contribution in [3.63, 3.8) is 0 Å². The molecule has 0 amide bonds. The molecule has 1 aliphatic heterocycles. The van der Waals surface area contributed by atoms with Crippen molar-refractivity contribution >= 4 is 0 Å². The third-order valence-corrected chi connectivity index (χ3v) is 3.40. The summed E-state index contributed by atoms with van der Waals surface area (Å²) in [6.07, 6.45) is -0.253. The van der Waals surface area contributed by atoms with Crippen LogP contribution in [0.25, 0.3) is 0 Å². The smallest absolute Gasteiger partial charge is 0.0791 e. The molecule has 1 fully saturated rings. The average Bonchev–Trinajstić information content (AvgIpc) is 2.41. The first-order chi connectivity index (χ1) is 7.28. The van der Waals surface area contributed by atoms with E-state index in [1.807, 2.05) is 0 Å². The summed E-state index contributed by atoms with van der Waals surface area (Å²) >= 11 is 0. The van der Waals surface area contributed by atoms with Crippen LogP contribution in [0.2, 0.25) is 0 Å². The highest BCUT2D eigenvalue weighted by Gasteiger charge is 2.27. The summed E-state index contributed by atoms with van der Waals surface area (Å²) in [5.41, 5.74) is 0.0899. The van der Waals surface area contributed by atoms with E-state index in [0.717, 1.165) is 31.5 Å². The summed E-state index contributed by atoms with van der Waals surface area (Å²) in [5, 5.41) is 13.3. The summed E-state index contributed by atoms with van der Waals surface area (Å²) in [7, 11) is 0. The van der Waals surface area contributed by atoms with Crippen LogP contribution in [0.4, 0.5) is 0 Å². The minimum absolute atomic E-state index is 0.0899. The maximum atomic E-state index is 9.94. The van der Waals surface area contributed by atoms with Crippen molar-refractivity contribution in [3.05, 3.63) is 0 Å². The first-order valence-corrected chi connectivity index (χ1v) is 6.43. The van der Waals surface area contributed by atoms with Crippen LogP contribution in [-0.4, -0.2) is 47.8 Å². The van der Waals surface area contributed by atoms with Crippen LogP contribution in [0.1, 0.15) is 34.6 Å². The van der Waals surface area contributed by atoms with E-state index < -0.39 is 0 Å². The number of nitrogens with zero attached hydrogens (tertiary/aromatic N) is 1. The van der Waals surface area contributed by atoms with Gasteiger partial charge in [-0.1, -0.05) is 13.8 Å². The molecular formula is C13H28N2O. The van der Waals surface area contributed by atoms with E-state index in [1.54, 1.807) is 0 Å². The van der Waals surface area contributed by atoms with Gasteiger partial charge in [-0.2, -0.15) is 0 Å². The summed E-state index contributed by atoms with van der Waals surface area (Å²) in [4.78, 5) is 2.38. The highest BCUT2D eigenvalue weighted by molar-refractivity contribution is 4.81. The highest BCUT2D eigenvalue weighted by Crippen LogP contribution is 2.21. The van der Waals surface area contributed by atoms with E-state index in [2.05, 4.69) is 44.8 Å². The largest absolute Gasteiger partial charge is 0.390 e. The Labute approximate surface area is 100 Å². The maximum Gasteiger partial charge on any atom is 0.0791 e. The quantitative estimate of drug-likeness (QED) is 0.762. The molecule has 1 rings (SSSR count). The van der Waals surface area contributed by atoms with Crippen molar-refractivity contribution in [2.24, 2.45) is 11.8 Å². The fourth-order valence-electron chi connectivity index (χ4n) is 2.18. The Bertz CT molecular complexity index is 202. The van der Waals surface area contributed by atoms with Crippen LogP contribution in [0.15, 0.2) is 0 Å². The molecule has 0 radical (unpaired) electrons. The molecule has 0 aromatic heterocycles. The van der Waals surface area contributed by atoms with Crippen molar-refractivity contribution < 1.29 is 5.11 Å². The molecule has 0 saturated carbocycles. The van der Waals surface area contributed by atoms with Crippen LogP contribution in [0.5, 0.6) is 0 Å². The van der Waals surface area contributed by atoms with Gasteiger partial charge in [0.1, 0.15) is 0 Å². The highest BCUT2D eigenvalue weighted by atomic mass is 16.3. The van der Waals surface area contributed by atoms with E-state index in [1.165, 1.54) is 0 Å². The van der Waals surface area contributed by atoms with Gasteiger partial charge < -0.3 is 15.3 Å². The summed E-state index contributed by atoms with van der Waals surface area (Å²) in [5.74, 6) is 1.53. The van der Waals surface area contributed by atoms with E-state index >= 15 is 0 Å². The van der Waals surface area contributed by atoms with Gasteiger partial charge in [0.2, 0.25) is 0 Å². The van der Waals surface area contributed by atoms with Gasteiger partial charge in [0.15, 0.2) is 0 Å². The predicted molar refractivity (Wildman–Crippen MR) is 68.5 cm³/mol. The van der Waals surface area contributed by atoms with Crippen molar-refractivity contribution in [1.82, 2.24) is 10.2 Å². The molecule has 1 saturated heterocycles. The lowest BCUT2D eigenvalue weighted by molar-refractivity contribution is 0.114. The number of nitrogens with one attached hydrogen (secondary N) is 1. The monoisotopic (exact) mass is 228 g/mol. The fraction of sp³-hybridized carbons (Fsp3) is 1.00. The fourth-order valence-corrected chi connectivity index (χ4v) is 2.18. The second-order valence-corrected chi connectivity index (χ2v) is 6.46. The number of hydrogen-bond donors (Lipinski definition) is 2. The van der Waals surface area contributed by atoms with Gasteiger partial charge >= 0.3 is 0 Å². The van der Waals surface area contributed by atoms with Crippen LogP contribution in [-0.2, 0) is 0 Å². The molecule has 16 heavy (non-hydrogen) atoms. The Morgan fingerprint density at radius 2 is 1.75 bits per heavy atom. The topological polar surface area (TPSA) is 35.5 Å². The second kappa shape index (κ2) is 5.48. The lowest BCUT2D eigenvalue weighted by Gasteiger charge is -2.25. The van der Waals surface area contributed by atoms with E-state index in [4.69, 9.17) is 0 Å². The number of aliphatic hydroxyl groups is 1. The molecule has 3 nitrogen and oxygen atoms in total. The van der Waals surface area contributed by atoms with Crippen molar-refractivity contribution in [2.75, 3.05) is 26.2 Å². The second-order valence-electron chi connectivity index (χ2n) is 6.46. The van der Waals surface area contributed by atoms with Crippen molar-refractivity contribution in [3.8, 4) is 0 Å². The van der Waals surface area contributed by atoms with E-state index in [0.29, 0.717) is 6.54 Å². The number of hydrogen-bond acceptors (Lipinski definition) is 3. The molecule has 1 heterocycles. The van der Waals surface area contributed by atoms with Crippen molar-refractivity contribution in [2.45, 2.75) is 46.3 Å². The zero-order valence-corrected chi connectivity index (χ0v) is 11.5. The molecule has 3 unspecified atom stereocenters. The Kier molecular flexibility index (Phi) is 4.77. The summed E-state index contributed by atoms with van der Waals surface area (Å²) in [6, 6.07) is 0. The maximum absolute atomic E-state index is 9.94. The standard InChI is InChI=1S/C13H28N2O/c1-10-7-15(8-11(10)2)9-12(16)6-14-13(3,4)5/h10-12,14,16H,6-9H2,1-5H3. The normalized spacial score (nSPS) is 29.6. The molecule has 0 spiro atoms. The predicted octanol–water partition coefficient (Wildman–Crippen LogP) is 1.32. The first kappa shape index (κ1) is 13.9. The molecule has 0 aliphatic carbocycles. The van der Waals surface area contributed by atoms with Gasteiger partial charge in [0, 0.05) is 31.7 Å². The third-order valence-electron chi connectivity index (χ3n) is 3.40. The molecule has 3 heteroatoms. The zero-order chi connectivity index (χ0) is 12.3. The van der Waals surface area contributed by atoms with Crippen molar-refractivity contribution in [1.29, 1.82) is 0 Å². The molecule has 3 atom stereocenters. The molecule has 0 aromatic carbocycles. The molecule has 0 aromatic rings. The lowest BCUT2D eigenvalue weighted by Crippen LogP contribution is -2.44. The van der Waals surface area contributed by atoms with Gasteiger partial charge in [0.05, 0.1) is 6.10 Å². The minimum atomic E-state index is -0.253. The van der Waals surface area contributed by atoms with Gasteiger partial charge in [-0.05, 0) is 32.6 Å². The van der Waals surface area contributed by atoms with E-state index in [9.17, 15) is 5.11 Å². The van der Waals surface area contributed by atoms with Crippen LogP contribution in [0.3, 0.4) is 0 Å². The van der Waals surface area contributed by atoms with Crippen LogP contribution in [0, 0.1) is 11.8 Å². The Hall–Kier alpha value is -0.120. The first-order valence-electron chi connectivity index (χ1n) is 6.43. The number of rotatable bonds is 4. The number of β-amino-alcohol motifs (C(OH)–C–C–N with tert-alkyl or cyclic N) is 1. The number of aliphatic hydroxyl groups excluding tert-OH is 1. The molecular weight excluding hydrogens is 200 g/mol. The average molecular weight is 228 g/mol. The van der Waals surface area contributed by atoms with Crippen LogP contribution < -0.4 is 5.32 Å². The van der Waals surface area contributed by atoms with Gasteiger partial charge in [-0.3, -0.25) is 0 Å². The third kappa shape index (κ3) is 4.81. The molecule has 2 N–H and O–H groups in total. The minimum Gasteiger partial charge on any atom is -0.390 e. The SMILES string of the molecule is CC1CN(CC(O)CNC(C)(C)C)CC1C. The number of likely N-dealkylation sites (tertiary alicyclic amines) is 1.